The fourth-order valence-electron chi connectivity index (χ4n) is 4.50. The SMILES string of the molecule is Cc1c(C(=O)COC(=O)CN2C(=O)N(C)C3(CCCCC3)C2=O)oc2ccccc12. The predicted octanol–water partition coefficient (Wildman–Crippen LogP) is 3.06. The Morgan fingerprint density at radius 3 is 2.53 bits per heavy atom. The summed E-state index contributed by atoms with van der Waals surface area (Å²) < 4.78 is 10.6. The van der Waals surface area contributed by atoms with E-state index in [0.29, 0.717) is 24.0 Å². The summed E-state index contributed by atoms with van der Waals surface area (Å²) in [5.74, 6) is -1.50. The Balaban J connectivity index is 1.40. The molecule has 30 heavy (non-hydrogen) atoms. The van der Waals surface area contributed by atoms with Crippen molar-refractivity contribution < 1.29 is 28.3 Å². The lowest BCUT2D eigenvalue weighted by Crippen LogP contribution is -2.49. The number of ether oxygens (including phenoxy) is 1. The van der Waals surface area contributed by atoms with Gasteiger partial charge in [0.1, 0.15) is 17.7 Å². The number of furan rings is 1. The number of benzene rings is 1. The Hall–Kier alpha value is -3.16. The lowest BCUT2D eigenvalue weighted by molar-refractivity contribution is -0.147. The van der Waals surface area contributed by atoms with E-state index in [4.69, 9.17) is 9.15 Å². The van der Waals surface area contributed by atoms with Crippen LogP contribution in [0.25, 0.3) is 11.0 Å². The smallest absolute Gasteiger partial charge is 0.327 e. The molecular weight excluding hydrogens is 388 g/mol. The molecule has 8 heteroatoms. The Morgan fingerprint density at radius 1 is 1.13 bits per heavy atom. The lowest BCUT2D eigenvalue weighted by atomic mass is 9.81. The van der Waals surface area contributed by atoms with Crippen LogP contribution < -0.4 is 0 Å². The highest BCUT2D eigenvalue weighted by Crippen LogP contribution is 2.39. The van der Waals surface area contributed by atoms with Gasteiger partial charge in [0.25, 0.3) is 5.91 Å². The normalized spacial score (nSPS) is 18.5. The lowest BCUT2D eigenvalue weighted by Gasteiger charge is -2.35. The van der Waals surface area contributed by atoms with Gasteiger partial charge in [0.05, 0.1) is 0 Å². The molecular formula is C22H24N2O6. The van der Waals surface area contributed by atoms with Crippen LogP contribution in [0, 0.1) is 6.92 Å². The number of Topliss-reactive ketones (excluding diaryl/α,β-unsaturated/α-hetero) is 1. The highest BCUT2D eigenvalue weighted by Gasteiger charge is 2.55. The van der Waals surface area contributed by atoms with Crippen molar-refractivity contribution in [2.24, 2.45) is 0 Å². The van der Waals surface area contributed by atoms with E-state index in [1.165, 1.54) is 4.90 Å². The number of urea groups is 1. The van der Waals surface area contributed by atoms with Crippen LogP contribution in [-0.2, 0) is 14.3 Å². The largest absolute Gasteiger partial charge is 0.456 e. The minimum Gasteiger partial charge on any atom is -0.456 e. The average molecular weight is 412 g/mol. The van der Waals surface area contributed by atoms with Crippen molar-refractivity contribution in [2.75, 3.05) is 20.2 Å². The predicted molar refractivity (Wildman–Crippen MR) is 107 cm³/mol. The topological polar surface area (TPSA) is 97.1 Å². The fourth-order valence-corrected chi connectivity index (χ4v) is 4.50. The van der Waals surface area contributed by atoms with Crippen molar-refractivity contribution in [3.63, 3.8) is 0 Å². The first kappa shape index (κ1) is 20.1. The van der Waals surface area contributed by atoms with Gasteiger partial charge in [-0.2, -0.15) is 0 Å². The van der Waals surface area contributed by atoms with E-state index >= 15 is 0 Å². The maximum Gasteiger partial charge on any atom is 0.327 e. The zero-order valence-corrected chi connectivity index (χ0v) is 17.1. The number of likely N-dealkylation sites (N-methyl/N-ethyl adjacent to an activating group) is 1. The van der Waals surface area contributed by atoms with E-state index in [0.717, 1.165) is 29.5 Å². The number of hydrogen-bond acceptors (Lipinski definition) is 6. The van der Waals surface area contributed by atoms with Crippen LogP contribution in [0.4, 0.5) is 4.79 Å². The molecule has 0 N–H and O–H groups in total. The highest BCUT2D eigenvalue weighted by atomic mass is 16.5. The zero-order chi connectivity index (χ0) is 21.5. The van der Waals surface area contributed by atoms with Crippen molar-refractivity contribution >= 4 is 34.7 Å². The van der Waals surface area contributed by atoms with Crippen molar-refractivity contribution in [1.82, 2.24) is 9.80 Å². The molecule has 2 fully saturated rings. The molecule has 2 aliphatic rings. The molecule has 158 valence electrons. The zero-order valence-electron chi connectivity index (χ0n) is 17.1. The Labute approximate surface area is 173 Å². The van der Waals surface area contributed by atoms with Crippen LogP contribution in [0.3, 0.4) is 0 Å². The fraction of sp³-hybridized carbons (Fsp3) is 0.455. The van der Waals surface area contributed by atoms with E-state index < -0.39 is 36.5 Å². The molecule has 0 radical (unpaired) electrons. The molecule has 2 aromatic rings. The van der Waals surface area contributed by atoms with Gasteiger partial charge in [-0.3, -0.25) is 19.3 Å². The maximum absolute atomic E-state index is 12.9. The molecule has 2 heterocycles. The first-order chi connectivity index (χ1) is 14.3. The van der Waals surface area contributed by atoms with Gasteiger partial charge in [-0.15, -0.1) is 0 Å². The number of nitrogens with zero attached hydrogens (tertiary/aromatic N) is 2. The number of fused-ring (bicyclic) bond motifs is 1. The Morgan fingerprint density at radius 2 is 1.83 bits per heavy atom. The van der Waals surface area contributed by atoms with Gasteiger partial charge in [-0.25, -0.2) is 4.79 Å². The molecule has 1 spiro atoms. The molecule has 8 nitrogen and oxygen atoms in total. The number of hydrogen-bond donors (Lipinski definition) is 0. The first-order valence-electron chi connectivity index (χ1n) is 10.1. The van der Waals surface area contributed by atoms with Crippen LogP contribution in [0.5, 0.6) is 0 Å². The van der Waals surface area contributed by atoms with E-state index in [1.807, 2.05) is 12.1 Å². The number of aryl methyl sites for hydroxylation is 1. The van der Waals surface area contributed by atoms with Crippen molar-refractivity contribution in [3.05, 3.63) is 35.6 Å². The number of ketones is 1. The van der Waals surface area contributed by atoms with Crippen molar-refractivity contribution in [2.45, 2.75) is 44.6 Å². The number of carbonyl (C=O) groups is 4. The molecule has 1 saturated heterocycles. The second kappa shape index (κ2) is 7.59. The maximum atomic E-state index is 12.9. The van der Waals surface area contributed by atoms with Crippen LogP contribution in [0.1, 0.15) is 48.2 Å². The highest BCUT2D eigenvalue weighted by molar-refractivity contribution is 6.09. The van der Waals surface area contributed by atoms with E-state index in [2.05, 4.69) is 0 Å². The molecule has 0 atom stereocenters. The molecule has 4 rings (SSSR count). The van der Waals surface area contributed by atoms with Crippen molar-refractivity contribution in [1.29, 1.82) is 0 Å². The standard InChI is InChI=1S/C22H24N2O6/c1-14-15-8-4-5-9-17(15)30-19(14)16(25)13-29-18(26)12-24-20(27)22(23(2)21(24)28)10-6-3-7-11-22/h4-5,8-9H,3,6-7,10-13H2,1-2H3. The summed E-state index contributed by atoms with van der Waals surface area (Å²) in [7, 11) is 1.60. The number of imide groups is 1. The third-order valence-electron chi connectivity index (χ3n) is 6.23. The summed E-state index contributed by atoms with van der Waals surface area (Å²) in [6, 6.07) is 6.75. The third-order valence-corrected chi connectivity index (χ3v) is 6.23. The molecule has 1 aliphatic carbocycles. The molecule has 1 aromatic heterocycles. The molecule has 0 unspecified atom stereocenters. The number of rotatable bonds is 5. The first-order valence-corrected chi connectivity index (χ1v) is 10.1. The summed E-state index contributed by atoms with van der Waals surface area (Å²) in [6.07, 6.45) is 3.97. The number of carbonyl (C=O) groups excluding carboxylic acids is 4. The Kier molecular flexibility index (Phi) is 5.09. The minimum absolute atomic E-state index is 0.137. The summed E-state index contributed by atoms with van der Waals surface area (Å²) in [5.41, 5.74) is 0.410. The third kappa shape index (κ3) is 3.16. The summed E-state index contributed by atoms with van der Waals surface area (Å²) in [5, 5.41) is 0.821. The van der Waals surface area contributed by atoms with Gasteiger partial charge in [-0.05, 0) is 25.8 Å². The monoisotopic (exact) mass is 412 g/mol. The summed E-state index contributed by atoms with van der Waals surface area (Å²) >= 11 is 0. The van der Waals surface area contributed by atoms with Crippen LogP contribution >= 0.6 is 0 Å². The number of para-hydroxylation sites is 1. The van der Waals surface area contributed by atoms with Gasteiger partial charge in [0, 0.05) is 18.0 Å². The number of esters is 1. The molecule has 1 aliphatic heterocycles. The summed E-state index contributed by atoms with van der Waals surface area (Å²) in [4.78, 5) is 52.6. The Bertz CT molecular complexity index is 1030. The van der Waals surface area contributed by atoms with Crippen molar-refractivity contribution in [3.8, 4) is 0 Å². The van der Waals surface area contributed by atoms with Gasteiger partial charge >= 0.3 is 12.0 Å². The van der Waals surface area contributed by atoms with Gasteiger partial charge in [-0.1, -0.05) is 37.5 Å². The molecule has 1 saturated carbocycles. The summed E-state index contributed by atoms with van der Waals surface area (Å²) in [6.45, 7) is 0.745. The van der Waals surface area contributed by atoms with Crippen LogP contribution in [-0.4, -0.2) is 59.2 Å². The van der Waals surface area contributed by atoms with Crippen LogP contribution in [0.2, 0.25) is 0 Å². The van der Waals surface area contributed by atoms with E-state index in [-0.39, 0.29) is 11.7 Å². The second-order valence-electron chi connectivity index (χ2n) is 7.96. The number of amides is 3. The minimum atomic E-state index is -0.850. The molecule has 1 aromatic carbocycles. The molecule has 0 bridgehead atoms. The van der Waals surface area contributed by atoms with Gasteiger partial charge < -0.3 is 14.1 Å². The van der Waals surface area contributed by atoms with E-state index in [9.17, 15) is 19.2 Å². The average Bonchev–Trinajstić information content (AvgIpc) is 3.18. The van der Waals surface area contributed by atoms with Gasteiger partial charge in [0.15, 0.2) is 12.4 Å². The quantitative estimate of drug-likeness (QED) is 0.425. The van der Waals surface area contributed by atoms with Gasteiger partial charge in [0.2, 0.25) is 5.78 Å². The van der Waals surface area contributed by atoms with E-state index in [1.54, 1.807) is 26.1 Å². The van der Waals surface area contributed by atoms with Crippen LogP contribution in [0.15, 0.2) is 28.7 Å². The molecule has 3 amide bonds. The second-order valence-corrected chi connectivity index (χ2v) is 7.96.